The van der Waals surface area contributed by atoms with Gasteiger partial charge in [0, 0.05) is 18.2 Å². The zero-order valence-electron chi connectivity index (χ0n) is 10.0. The molecule has 2 N–H and O–H groups in total. The lowest BCUT2D eigenvalue weighted by Crippen LogP contribution is -2.35. The monoisotopic (exact) mass is 237 g/mol. The van der Waals surface area contributed by atoms with Crippen LogP contribution in [0.1, 0.15) is 37.3 Å². The van der Waals surface area contributed by atoms with Gasteiger partial charge in [-0.1, -0.05) is 0 Å². The van der Waals surface area contributed by atoms with Gasteiger partial charge in [0.2, 0.25) is 5.91 Å². The minimum atomic E-state index is -0.907. The number of hydrogen-bond donors (Lipinski definition) is 2. The molecule has 0 spiro atoms. The van der Waals surface area contributed by atoms with Crippen molar-refractivity contribution in [3.8, 4) is 0 Å². The van der Waals surface area contributed by atoms with E-state index in [0.29, 0.717) is 29.7 Å². The summed E-state index contributed by atoms with van der Waals surface area (Å²) < 4.78 is 13.5. The number of rotatable bonds is 2. The number of aryl methyl sites for hydroxylation is 1. The van der Waals surface area contributed by atoms with Crippen LogP contribution in [-0.4, -0.2) is 11.0 Å². The van der Waals surface area contributed by atoms with Crippen LogP contribution in [-0.2, 0) is 10.4 Å². The van der Waals surface area contributed by atoms with Crippen LogP contribution in [0.5, 0.6) is 0 Å². The van der Waals surface area contributed by atoms with Crippen molar-refractivity contribution in [2.75, 3.05) is 5.32 Å². The first-order valence-corrected chi connectivity index (χ1v) is 5.73. The van der Waals surface area contributed by atoms with E-state index in [1.54, 1.807) is 13.0 Å². The summed E-state index contributed by atoms with van der Waals surface area (Å²) in [6.45, 7) is 3.02. The molecule has 1 saturated carbocycles. The molecule has 1 aliphatic carbocycles. The smallest absolute Gasteiger partial charge is 0.221 e. The number of carbonyl (C=O) groups is 1. The summed E-state index contributed by atoms with van der Waals surface area (Å²) in [4.78, 5) is 11.1. The predicted octanol–water partition coefficient (Wildman–Crippen LogP) is 2.46. The summed E-state index contributed by atoms with van der Waals surface area (Å²) in [6.07, 6.45) is 2.27. The fourth-order valence-corrected chi connectivity index (χ4v) is 2.14. The van der Waals surface area contributed by atoms with E-state index in [2.05, 4.69) is 5.32 Å². The van der Waals surface area contributed by atoms with E-state index in [0.717, 1.165) is 6.42 Å². The Balaban J connectivity index is 2.47. The highest BCUT2D eigenvalue weighted by Gasteiger charge is 2.38. The van der Waals surface area contributed by atoms with Crippen molar-refractivity contribution in [3.63, 3.8) is 0 Å². The van der Waals surface area contributed by atoms with Gasteiger partial charge in [-0.25, -0.2) is 4.39 Å². The summed E-state index contributed by atoms with van der Waals surface area (Å²) >= 11 is 0. The second-order valence-electron chi connectivity index (χ2n) is 4.71. The van der Waals surface area contributed by atoms with Crippen molar-refractivity contribution >= 4 is 11.6 Å². The minimum absolute atomic E-state index is 0.266. The van der Waals surface area contributed by atoms with Crippen LogP contribution in [0.3, 0.4) is 0 Å². The summed E-state index contributed by atoms with van der Waals surface area (Å²) in [6, 6.07) is 2.90. The molecule has 0 unspecified atom stereocenters. The van der Waals surface area contributed by atoms with Gasteiger partial charge in [0.15, 0.2) is 0 Å². The van der Waals surface area contributed by atoms with Crippen molar-refractivity contribution in [1.29, 1.82) is 0 Å². The van der Waals surface area contributed by atoms with E-state index < -0.39 is 5.60 Å². The van der Waals surface area contributed by atoms with E-state index in [-0.39, 0.29) is 11.7 Å². The Morgan fingerprint density at radius 3 is 2.59 bits per heavy atom. The number of amides is 1. The molecule has 0 atom stereocenters. The molecule has 0 bridgehead atoms. The average molecular weight is 237 g/mol. The number of anilines is 1. The minimum Gasteiger partial charge on any atom is -0.385 e. The normalized spacial score (nSPS) is 17.4. The Bertz CT molecular complexity index is 467. The van der Waals surface area contributed by atoms with Crippen LogP contribution >= 0.6 is 0 Å². The molecule has 1 amide bonds. The highest BCUT2D eigenvalue weighted by atomic mass is 19.1. The predicted molar refractivity (Wildman–Crippen MR) is 63.2 cm³/mol. The van der Waals surface area contributed by atoms with Gasteiger partial charge >= 0.3 is 0 Å². The summed E-state index contributed by atoms with van der Waals surface area (Å²) in [7, 11) is 0. The van der Waals surface area contributed by atoms with Gasteiger partial charge in [0.1, 0.15) is 5.82 Å². The van der Waals surface area contributed by atoms with Crippen LogP contribution in [0.25, 0.3) is 0 Å². The van der Waals surface area contributed by atoms with Gasteiger partial charge < -0.3 is 10.4 Å². The van der Waals surface area contributed by atoms with E-state index in [4.69, 9.17) is 0 Å². The van der Waals surface area contributed by atoms with Gasteiger partial charge in [-0.2, -0.15) is 0 Å². The second kappa shape index (κ2) is 4.11. The van der Waals surface area contributed by atoms with E-state index in [1.165, 1.54) is 13.0 Å². The molecule has 17 heavy (non-hydrogen) atoms. The summed E-state index contributed by atoms with van der Waals surface area (Å²) in [5.74, 6) is -0.641. The number of halogens is 1. The van der Waals surface area contributed by atoms with Crippen LogP contribution < -0.4 is 5.32 Å². The average Bonchev–Trinajstić information content (AvgIpc) is 2.19. The topological polar surface area (TPSA) is 49.3 Å². The first-order chi connectivity index (χ1) is 7.92. The number of nitrogens with one attached hydrogen (secondary N) is 1. The Kier molecular flexibility index (Phi) is 2.91. The molecular weight excluding hydrogens is 221 g/mol. The zero-order chi connectivity index (χ0) is 12.6. The first-order valence-electron chi connectivity index (χ1n) is 5.73. The van der Waals surface area contributed by atoms with Crippen molar-refractivity contribution in [2.45, 2.75) is 38.7 Å². The molecule has 1 aliphatic rings. The molecule has 0 aromatic heterocycles. The fourth-order valence-electron chi connectivity index (χ4n) is 2.14. The third-order valence-corrected chi connectivity index (χ3v) is 3.29. The molecule has 1 aromatic rings. The molecule has 3 nitrogen and oxygen atoms in total. The highest BCUT2D eigenvalue weighted by molar-refractivity contribution is 5.89. The Morgan fingerprint density at radius 2 is 2.12 bits per heavy atom. The number of hydrogen-bond acceptors (Lipinski definition) is 2. The zero-order valence-corrected chi connectivity index (χ0v) is 10.0. The van der Waals surface area contributed by atoms with Gasteiger partial charge in [-0.05, 0) is 43.9 Å². The van der Waals surface area contributed by atoms with Crippen LogP contribution in [0.15, 0.2) is 12.1 Å². The van der Waals surface area contributed by atoms with Crippen molar-refractivity contribution in [2.24, 2.45) is 0 Å². The van der Waals surface area contributed by atoms with Gasteiger partial charge in [0.05, 0.1) is 5.60 Å². The molecule has 0 heterocycles. The van der Waals surface area contributed by atoms with E-state index in [9.17, 15) is 14.3 Å². The standard InChI is InChI=1S/C13H16FNO2/c1-8-6-10(13(17)4-3-5-13)12(7-11(8)14)15-9(2)16/h6-7,17H,3-5H2,1-2H3,(H,15,16). The first kappa shape index (κ1) is 12.0. The molecule has 92 valence electrons. The highest BCUT2D eigenvalue weighted by Crippen LogP contribution is 2.44. The Hall–Kier alpha value is -1.42. The quantitative estimate of drug-likeness (QED) is 0.830. The largest absolute Gasteiger partial charge is 0.385 e. The van der Waals surface area contributed by atoms with E-state index >= 15 is 0 Å². The van der Waals surface area contributed by atoms with Gasteiger partial charge in [-0.15, -0.1) is 0 Å². The number of benzene rings is 1. The molecule has 0 radical (unpaired) electrons. The van der Waals surface area contributed by atoms with Crippen molar-refractivity contribution < 1.29 is 14.3 Å². The molecule has 1 fully saturated rings. The van der Waals surface area contributed by atoms with Crippen LogP contribution in [0.4, 0.5) is 10.1 Å². The lowest BCUT2D eigenvalue weighted by molar-refractivity contribution is -0.114. The lowest BCUT2D eigenvalue weighted by Gasteiger charge is -2.38. The number of carbonyl (C=O) groups excluding carboxylic acids is 1. The SMILES string of the molecule is CC(=O)Nc1cc(F)c(C)cc1C1(O)CCC1. The maximum absolute atomic E-state index is 13.5. The maximum Gasteiger partial charge on any atom is 0.221 e. The molecule has 0 saturated heterocycles. The maximum atomic E-state index is 13.5. The molecule has 4 heteroatoms. The second-order valence-corrected chi connectivity index (χ2v) is 4.71. The third-order valence-electron chi connectivity index (χ3n) is 3.29. The fraction of sp³-hybridized carbons (Fsp3) is 0.462. The van der Waals surface area contributed by atoms with Gasteiger partial charge in [-0.3, -0.25) is 4.79 Å². The molecule has 1 aromatic carbocycles. The third kappa shape index (κ3) is 2.17. The van der Waals surface area contributed by atoms with Gasteiger partial charge in [0.25, 0.3) is 0 Å². The lowest BCUT2D eigenvalue weighted by atomic mass is 9.74. The number of aliphatic hydroxyl groups is 1. The van der Waals surface area contributed by atoms with E-state index in [1.807, 2.05) is 0 Å². The molecular formula is C13H16FNO2. The van der Waals surface area contributed by atoms with Crippen LogP contribution in [0, 0.1) is 12.7 Å². The Morgan fingerprint density at radius 1 is 1.47 bits per heavy atom. The molecule has 2 rings (SSSR count). The van der Waals surface area contributed by atoms with Crippen molar-refractivity contribution in [3.05, 3.63) is 29.1 Å². The Labute approximate surface area is 99.7 Å². The molecule has 0 aliphatic heterocycles. The summed E-state index contributed by atoms with van der Waals surface area (Å²) in [5.41, 5.74) is 0.575. The van der Waals surface area contributed by atoms with Crippen molar-refractivity contribution in [1.82, 2.24) is 0 Å². The summed E-state index contributed by atoms with van der Waals surface area (Å²) in [5, 5.41) is 12.9. The van der Waals surface area contributed by atoms with Crippen LogP contribution in [0.2, 0.25) is 0 Å².